The summed E-state index contributed by atoms with van der Waals surface area (Å²) < 4.78 is 0. The monoisotopic (exact) mass is 293 g/mol. The van der Waals surface area contributed by atoms with Gasteiger partial charge in [0.05, 0.1) is 10.3 Å². The van der Waals surface area contributed by atoms with Gasteiger partial charge >= 0.3 is 5.97 Å². The topological polar surface area (TPSA) is 96.6 Å². The van der Waals surface area contributed by atoms with Gasteiger partial charge in [0.15, 0.2) is 0 Å². The lowest BCUT2D eigenvalue weighted by molar-refractivity contribution is -0.385. The molecule has 0 bridgehead atoms. The Kier molecular flexibility index (Phi) is 4.11. The van der Waals surface area contributed by atoms with Gasteiger partial charge in [0, 0.05) is 19.2 Å². The van der Waals surface area contributed by atoms with Crippen LogP contribution in [0.1, 0.15) is 31.9 Å². The van der Waals surface area contributed by atoms with E-state index in [0.29, 0.717) is 43.9 Å². The molecule has 1 aliphatic heterocycles. The molecule has 0 amide bonds. The fraction of sp³-hybridized carbons (Fsp3) is 0.571. The minimum absolute atomic E-state index is 0.00389. The fourth-order valence-corrected chi connectivity index (χ4v) is 2.79. The van der Waals surface area contributed by atoms with Gasteiger partial charge in [-0.15, -0.1) is 0 Å². The third-order valence-corrected chi connectivity index (χ3v) is 4.41. The van der Waals surface area contributed by atoms with Crippen LogP contribution in [0.25, 0.3) is 0 Å². The van der Waals surface area contributed by atoms with E-state index in [9.17, 15) is 20.0 Å². The number of aryl methyl sites for hydroxylation is 1. The first-order chi connectivity index (χ1) is 9.89. The number of hydrogen-bond donors (Lipinski definition) is 1. The Bertz CT molecular complexity index is 565. The molecule has 114 valence electrons. The average Bonchev–Trinajstić information content (AvgIpc) is 2.46. The first kappa shape index (κ1) is 15.2. The van der Waals surface area contributed by atoms with E-state index in [2.05, 4.69) is 4.98 Å². The van der Waals surface area contributed by atoms with E-state index in [4.69, 9.17) is 0 Å². The van der Waals surface area contributed by atoms with Crippen molar-refractivity contribution in [2.45, 2.75) is 33.1 Å². The highest BCUT2D eigenvalue weighted by Crippen LogP contribution is 2.36. The molecule has 1 N–H and O–H groups in total. The second-order valence-corrected chi connectivity index (χ2v) is 5.46. The Balaban J connectivity index is 2.14. The zero-order valence-electron chi connectivity index (χ0n) is 12.2. The molecule has 7 heteroatoms. The molecule has 1 fully saturated rings. The van der Waals surface area contributed by atoms with Crippen LogP contribution in [0, 0.1) is 22.5 Å². The molecule has 0 spiro atoms. The Hall–Kier alpha value is -2.18. The average molecular weight is 293 g/mol. The van der Waals surface area contributed by atoms with Crippen molar-refractivity contribution in [2.24, 2.45) is 5.41 Å². The number of carbonyl (C=O) groups is 1. The van der Waals surface area contributed by atoms with Gasteiger partial charge in [-0.25, -0.2) is 4.98 Å². The van der Waals surface area contributed by atoms with Crippen molar-refractivity contribution in [1.82, 2.24) is 4.98 Å². The lowest BCUT2D eigenvalue weighted by Crippen LogP contribution is -2.44. The minimum Gasteiger partial charge on any atom is -0.481 e. The van der Waals surface area contributed by atoms with Crippen molar-refractivity contribution in [1.29, 1.82) is 0 Å². The van der Waals surface area contributed by atoms with Crippen molar-refractivity contribution in [3.05, 3.63) is 27.9 Å². The lowest BCUT2D eigenvalue weighted by atomic mass is 9.76. The maximum Gasteiger partial charge on any atom is 0.309 e. The first-order valence-corrected chi connectivity index (χ1v) is 7.00. The van der Waals surface area contributed by atoms with E-state index in [1.807, 2.05) is 11.8 Å². The second kappa shape index (κ2) is 5.67. The first-order valence-electron chi connectivity index (χ1n) is 7.00. The molecule has 2 rings (SSSR count). The highest BCUT2D eigenvalue weighted by molar-refractivity contribution is 5.75. The molecule has 7 nitrogen and oxygen atoms in total. The minimum atomic E-state index is -0.738. The molecular weight excluding hydrogens is 274 g/mol. The van der Waals surface area contributed by atoms with Crippen molar-refractivity contribution in [2.75, 3.05) is 18.0 Å². The molecular formula is C14H19N3O4. The van der Waals surface area contributed by atoms with Crippen molar-refractivity contribution in [3.8, 4) is 0 Å². The van der Waals surface area contributed by atoms with Gasteiger partial charge in [0.1, 0.15) is 11.5 Å². The number of anilines is 1. The number of aromatic nitrogens is 1. The molecule has 0 radical (unpaired) electrons. The van der Waals surface area contributed by atoms with Crippen LogP contribution in [-0.4, -0.2) is 34.1 Å². The molecule has 1 aromatic rings. The Morgan fingerprint density at radius 2 is 2.10 bits per heavy atom. The summed E-state index contributed by atoms with van der Waals surface area (Å²) in [7, 11) is 0. The van der Waals surface area contributed by atoms with Gasteiger partial charge in [-0.1, -0.05) is 6.92 Å². The molecule has 21 heavy (non-hydrogen) atoms. The quantitative estimate of drug-likeness (QED) is 0.676. The standard InChI is InChI=1S/C14H19N3O4/c1-3-14(13(18)19)6-8-16(9-7-14)12-5-4-11(17(20)21)10(2)15-12/h4-5H,3,6-9H2,1-2H3,(H,18,19). The van der Waals surface area contributed by atoms with E-state index in [1.54, 1.807) is 13.0 Å². The summed E-state index contributed by atoms with van der Waals surface area (Å²) in [5.74, 6) is -0.0642. The number of hydrogen-bond acceptors (Lipinski definition) is 5. The maximum absolute atomic E-state index is 11.4. The van der Waals surface area contributed by atoms with Gasteiger partial charge in [0.2, 0.25) is 0 Å². The predicted molar refractivity (Wildman–Crippen MR) is 77.4 cm³/mol. The maximum atomic E-state index is 11.4. The largest absolute Gasteiger partial charge is 0.481 e. The van der Waals surface area contributed by atoms with Crippen LogP contribution in [0.15, 0.2) is 12.1 Å². The number of carboxylic acids is 1. The fourth-order valence-electron chi connectivity index (χ4n) is 2.79. The van der Waals surface area contributed by atoms with Crippen LogP contribution in [0.2, 0.25) is 0 Å². The van der Waals surface area contributed by atoms with E-state index in [0.717, 1.165) is 0 Å². The van der Waals surface area contributed by atoms with Crippen LogP contribution in [-0.2, 0) is 4.79 Å². The molecule has 1 aliphatic rings. The SMILES string of the molecule is CCC1(C(=O)O)CCN(c2ccc([N+](=O)[O-])c(C)n2)CC1. The molecule has 0 atom stereocenters. The molecule has 0 aliphatic carbocycles. The number of nitrogens with zero attached hydrogens (tertiary/aromatic N) is 3. The summed E-state index contributed by atoms with van der Waals surface area (Å²) in [6.45, 7) is 4.71. The van der Waals surface area contributed by atoms with Gasteiger partial charge < -0.3 is 10.0 Å². The number of nitro groups is 1. The zero-order chi connectivity index (χ0) is 15.6. The summed E-state index contributed by atoms with van der Waals surface area (Å²) in [6, 6.07) is 3.08. The second-order valence-electron chi connectivity index (χ2n) is 5.46. The normalized spacial score (nSPS) is 17.5. The van der Waals surface area contributed by atoms with Crippen molar-refractivity contribution >= 4 is 17.5 Å². The third kappa shape index (κ3) is 2.81. The smallest absolute Gasteiger partial charge is 0.309 e. The van der Waals surface area contributed by atoms with E-state index in [1.165, 1.54) is 6.07 Å². The highest BCUT2D eigenvalue weighted by atomic mass is 16.6. The number of piperidine rings is 1. The van der Waals surface area contributed by atoms with Crippen LogP contribution in [0.5, 0.6) is 0 Å². The Morgan fingerprint density at radius 1 is 1.48 bits per heavy atom. The number of carboxylic acid groups (broad SMARTS) is 1. The Labute approximate surface area is 122 Å². The van der Waals surface area contributed by atoms with Crippen molar-refractivity contribution < 1.29 is 14.8 Å². The van der Waals surface area contributed by atoms with Crippen LogP contribution < -0.4 is 4.90 Å². The van der Waals surface area contributed by atoms with Gasteiger partial charge in [-0.05, 0) is 32.3 Å². The number of aliphatic carboxylic acids is 1. The summed E-state index contributed by atoms with van der Waals surface area (Å²) in [6.07, 6.45) is 1.75. The predicted octanol–water partition coefficient (Wildman–Crippen LogP) is 2.38. The van der Waals surface area contributed by atoms with E-state index in [-0.39, 0.29) is 5.69 Å². The summed E-state index contributed by atoms with van der Waals surface area (Å²) in [5, 5.41) is 20.2. The number of pyridine rings is 1. The zero-order valence-corrected chi connectivity index (χ0v) is 12.2. The van der Waals surface area contributed by atoms with E-state index < -0.39 is 16.3 Å². The molecule has 0 saturated carbocycles. The van der Waals surface area contributed by atoms with Gasteiger partial charge in [0.25, 0.3) is 5.69 Å². The van der Waals surface area contributed by atoms with E-state index >= 15 is 0 Å². The molecule has 0 aromatic carbocycles. The van der Waals surface area contributed by atoms with Gasteiger partial charge in [-0.3, -0.25) is 14.9 Å². The molecule has 1 aromatic heterocycles. The summed E-state index contributed by atoms with van der Waals surface area (Å²) in [5.41, 5.74) is -0.265. The lowest BCUT2D eigenvalue weighted by Gasteiger charge is -2.38. The summed E-state index contributed by atoms with van der Waals surface area (Å²) >= 11 is 0. The summed E-state index contributed by atoms with van der Waals surface area (Å²) in [4.78, 5) is 28.0. The van der Waals surface area contributed by atoms with Crippen LogP contribution in [0.3, 0.4) is 0 Å². The highest BCUT2D eigenvalue weighted by Gasteiger charge is 2.40. The molecule has 1 saturated heterocycles. The van der Waals surface area contributed by atoms with Gasteiger partial charge in [-0.2, -0.15) is 0 Å². The molecule has 2 heterocycles. The van der Waals surface area contributed by atoms with Crippen LogP contribution >= 0.6 is 0 Å². The number of rotatable bonds is 4. The van der Waals surface area contributed by atoms with Crippen LogP contribution in [0.4, 0.5) is 11.5 Å². The van der Waals surface area contributed by atoms with Crippen molar-refractivity contribution in [3.63, 3.8) is 0 Å². The molecule has 0 unspecified atom stereocenters. The Morgan fingerprint density at radius 3 is 2.52 bits per heavy atom. The third-order valence-electron chi connectivity index (χ3n) is 4.41.